The topological polar surface area (TPSA) is 0 Å². The third-order valence-electron chi connectivity index (χ3n) is 0.844. The summed E-state index contributed by atoms with van der Waals surface area (Å²) in [5.74, 6) is 0. The van der Waals surface area contributed by atoms with Gasteiger partial charge in [0.1, 0.15) is 0 Å². The Hall–Kier alpha value is 1.23. The zero-order chi connectivity index (χ0) is 5.91. The molecular weight excluding hydrogens is 296 g/mol. The molecule has 0 aliphatic carbocycles. The average molecular weight is 307 g/mol. The first-order valence-corrected chi connectivity index (χ1v) is 13.3. The molecule has 0 aliphatic heterocycles. The van der Waals surface area contributed by atoms with Crippen molar-refractivity contribution in [2.75, 3.05) is 0 Å². The molecule has 0 spiro atoms. The molecule has 0 rings (SSSR count). The fourth-order valence-corrected chi connectivity index (χ4v) is 7.46. The van der Waals surface area contributed by atoms with Crippen LogP contribution in [0.5, 0.6) is 0 Å². The van der Waals surface area contributed by atoms with Gasteiger partial charge in [0.2, 0.25) is 0 Å². The first kappa shape index (κ1) is 8.23. The molecule has 0 unspecified atom stereocenters. The molecule has 2 heteroatoms. The second kappa shape index (κ2) is 3.29. The van der Waals surface area contributed by atoms with Crippen molar-refractivity contribution in [3.8, 4) is 0 Å². The molecule has 0 saturated carbocycles. The van der Waals surface area contributed by atoms with Crippen LogP contribution in [-0.4, -0.2) is 0 Å². The van der Waals surface area contributed by atoms with Crippen LogP contribution in [0.3, 0.4) is 0 Å². The summed E-state index contributed by atoms with van der Waals surface area (Å²) in [6.07, 6.45) is 0. The van der Waals surface area contributed by atoms with Crippen molar-refractivity contribution in [1.29, 1.82) is 0 Å². The van der Waals surface area contributed by atoms with Gasteiger partial charge in [-0.2, -0.15) is 0 Å². The maximum atomic E-state index is 5.71. The molecule has 0 aromatic carbocycles. The molecule has 0 atom stereocenters. The Labute approximate surface area is 61.5 Å². The summed E-state index contributed by atoms with van der Waals surface area (Å²) in [6.45, 7) is 6.74. The molecule has 0 nitrogen and oxygen atoms in total. The van der Waals surface area contributed by atoms with Crippen LogP contribution in [0.2, 0.25) is 3.93 Å². The molecule has 0 fully saturated rings. The van der Waals surface area contributed by atoms with Gasteiger partial charge in [-0.1, -0.05) is 0 Å². The number of hydrogen-bond acceptors (Lipinski definition) is 0. The average Bonchev–Trinajstić information content (AvgIpc) is 1.30. The fourth-order valence-electron chi connectivity index (χ4n) is 0.283. The third kappa shape index (κ3) is 7.23. The normalized spacial score (nSPS) is 10.9. The monoisotopic (exact) mass is 308 g/mol. The summed E-state index contributed by atoms with van der Waals surface area (Å²) in [6, 6.07) is 0. The van der Waals surface area contributed by atoms with E-state index < -0.39 is 23.3 Å². The van der Waals surface area contributed by atoms with Crippen LogP contribution >= 0.6 is 8.25 Å². The van der Waals surface area contributed by atoms with Gasteiger partial charge in [0.05, 0.1) is 0 Å². The minimum absolute atomic E-state index is 0.517. The molecule has 0 aromatic heterocycles. The Balaban J connectivity index is 3.15. The van der Waals surface area contributed by atoms with E-state index in [4.69, 9.17) is 8.25 Å². The summed E-state index contributed by atoms with van der Waals surface area (Å²) < 4.78 is 1.33. The minimum atomic E-state index is -0.818. The summed E-state index contributed by atoms with van der Waals surface area (Å²) in [5.41, 5.74) is 0.517. The zero-order valence-electron chi connectivity index (χ0n) is 5.29. The van der Waals surface area contributed by atoms with Crippen molar-refractivity contribution in [3.63, 3.8) is 0 Å². The molecule has 0 bridgehead atoms. The Bertz CT molecular complexity index is 46.5. The molecule has 40 valence electrons. The van der Waals surface area contributed by atoms with Gasteiger partial charge < -0.3 is 0 Å². The fraction of sp³-hybridized carbons (Fsp3) is 1.00. The third-order valence-corrected chi connectivity index (χ3v) is 9.07. The summed E-state index contributed by atoms with van der Waals surface area (Å²) in [5, 5.41) is 0. The van der Waals surface area contributed by atoms with Gasteiger partial charge in [-0.15, -0.1) is 0 Å². The van der Waals surface area contributed by atoms with Gasteiger partial charge in [0.25, 0.3) is 0 Å². The molecule has 0 aliphatic rings. The number of rotatable bonds is 1. The standard InChI is InChI=1S/C5H11.ClH.Hg/c1-5(2,3)4;;/h1H2,2-4H3;1H;/q;;+1/p-1. The molecule has 0 amide bonds. The number of halogens is 1. The second-order valence-electron chi connectivity index (χ2n) is 3.00. The van der Waals surface area contributed by atoms with Crippen LogP contribution in [-0.2, 0) is 23.3 Å². The predicted molar refractivity (Wildman–Crippen MR) is 30.1 cm³/mol. The van der Waals surface area contributed by atoms with E-state index in [1.165, 1.54) is 3.93 Å². The van der Waals surface area contributed by atoms with E-state index in [-0.39, 0.29) is 0 Å². The van der Waals surface area contributed by atoms with E-state index in [1.54, 1.807) is 0 Å². The van der Waals surface area contributed by atoms with Gasteiger partial charge >= 0.3 is 61.7 Å². The first-order valence-electron chi connectivity index (χ1n) is 2.62. The van der Waals surface area contributed by atoms with Crippen molar-refractivity contribution >= 4 is 8.25 Å². The molecule has 0 heterocycles. The SMILES string of the molecule is CC(C)(C)[CH2][Hg][Cl]. The second-order valence-corrected chi connectivity index (χ2v) is 9.73. The Morgan fingerprint density at radius 1 is 1.43 bits per heavy atom. The van der Waals surface area contributed by atoms with Gasteiger partial charge in [0.15, 0.2) is 0 Å². The summed E-state index contributed by atoms with van der Waals surface area (Å²) in [4.78, 5) is 0. The molecule has 0 aromatic rings. The Morgan fingerprint density at radius 3 is 1.86 bits per heavy atom. The summed E-state index contributed by atoms with van der Waals surface area (Å²) in [7, 11) is 5.71. The number of hydrogen-bond donors (Lipinski definition) is 0. The molecule has 0 N–H and O–H groups in total. The molecule has 7 heavy (non-hydrogen) atoms. The van der Waals surface area contributed by atoms with Crippen molar-refractivity contribution in [3.05, 3.63) is 0 Å². The Kier molecular flexibility index (Phi) is 3.87. The van der Waals surface area contributed by atoms with Crippen LogP contribution in [0.1, 0.15) is 20.8 Å². The molecular formula is C5H11ClHg. The van der Waals surface area contributed by atoms with Crippen LogP contribution in [0, 0.1) is 5.41 Å². The summed E-state index contributed by atoms with van der Waals surface area (Å²) >= 11 is -0.818. The van der Waals surface area contributed by atoms with Gasteiger partial charge in [-0.3, -0.25) is 0 Å². The van der Waals surface area contributed by atoms with E-state index in [0.29, 0.717) is 5.41 Å². The van der Waals surface area contributed by atoms with Crippen molar-refractivity contribution in [2.45, 2.75) is 24.7 Å². The molecule has 0 saturated heterocycles. The van der Waals surface area contributed by atoms with Crippen LogP contribution in [0.15, 0.2) is 0 Å². The van der Waals surface area contributed by atoms with Crippen molar-refractivity contribution in [2.24, 2.45) is 5.41 Å². The van der Waals surface area contributed by atoms with E-state index in [2.05, 4.69) is 20.8 Å². The van der Waals surface area contributed by atoms with Crippen LogP contribution < -0.4 is 0 Å². The molecule has 0 radical (unpaired) electrons. The predicted octanol–water partition coefficient (Wildman–Crippen LogP) is 2.69. The van der Waals surface area contributed by atoms with E-state index >= 15 is 0 Å². The van der Waals surface area contributed by atoms with Crippen molar-refractivity contribution in [1.82, 2.24) is 0 Å². The van der Waals surface area contributed by atoms with Gasteiger partial charge in [-0.05, 0) is 0 Å². The maximum absolute atomic E-state index is 5.71. The van der Waals surface area contributed by atoms with E-state index in [0.717, 1.165) is 0 Å². The van der Waals surface area contributed by atoms with Crippen LogP contribution in [0.25, 0.3) is 0 Å². The van der Waals surface area contributed by atoms with E-state index in [9.17, 15) is 0 Å². The van der Waals surface area contributed by atoms with Crippen molar-refractivity contribution < 1.29 is 23.3 Å². The quantitative estimate of drug-likeness (QED) is 0.654. The Morgan fingerprint density at radius 2 is 1.86 bits per heavy atom. The van der Waals surface area contributed by atoms with Gasteiger partial charge in [-0.25, -0.2) is 0 Å². The van der Waals surface area contributed by atoms with Crippen LogP contribution in [0.4, 0.5) is 0 Å². The van der Waals surface area contributed by atoms with E-state index in [1.807, 2.05) is 0 Å². The first-order chi connectivity index (χ1) is 3.06. The van der Waals surface area contributed by atoms with Gasteiger partial charge in [0, 0.05) is 0 Å². The zero-order valence-corrected chi connectivity index (χ0v) is 11.5.